The van der Waals surface area contributed by atoms with Crippen LogP contribution in [0.15, 0.2) is 17.1 Å². The van der Waals surface area contributed by atoms with Crippen molar-refractivity contribution in [2.75, 3.05) is 0 Å². The van der Waals surface area contributed by atoms with Gasteiger partial charge in [0.15, 0.2) is 0 Å². The van der Waals surface area contributed by atoms with Crippen LogP contribution < -0.4 is 11.3 Å². The minimum Gasteiger partial charge on any atom is -0.327 e. The Hall–Kier alpha value is -1.99. The van der Waals surface area contributed by atoms with E-state index < -0.39 is 0 Å². The van der Waals surface area contributed by atoms with Crippen LogP contribution in [0.1, 0.15) is 43.1 Å². The maximum absolute atomic E-state index is 12.5. The zero-order valence-corrected chi connectivity index (χ0v) is 13.7. The van der Waals surface area contributed by atoms with E-state index in [2.05, 4.69) is 15.2 Å². The molecule has 4 rings (SSSR count). The fourth-order valence-electron chi connectivity index (χ4n) is 3.36. The van der Waals surface area contributed by atoms with Gasteiger partial charge in [0.1, 0.15) is 10.5 Å². The summed E-state index contributed by atoms with van der Waals surface area (Å²) in [5.41, 5.74) is 8.92. The summed E-state index contributed by atoms with van der Waals surface area (Å²) in [6.45, 7) is 1.97. The van der Waals surface area contributed by atoms with Gasteiger partial charge in [0.05, 0.1) is 11.7 Å². The molecule has 120 valence electrons. The Kier molecular flexibility index (Phi) is 3.54. The molecule has 3 heterocycles. The standard InChI is InChI=1S/C16H19N5OS/c1-8-10(7-18-21-8)13-6-12-14(23-13)16(22)20-15(19-12)9-4-2-3-5-11(9)17/h6-7,9,11H,2-5,17H2,1H3,(H,18,21)(H,19,20,22). The van der Waals surface area contributed by atoms with E-state index in [0.717, 1.165) is 53.2 Å². The molecule has 1 aliphatic rings. The van der Waals surface area contributed by atoms with Gasteiger partial charge in [-0.15, -0.1) is 11.3 Å². The van der Waals surface area contributed by atoms with Crippen molar-refractivity contribution in [3.05, 3.63) is 34.1 Å². The molecule has 1 fully saturated rings. The number of nitrogens with zero attached hydrogens (tertiary/aromatic N) is 2. The number of H-pyrrole nitrogens is 2. The molecule has 3 aromatic heterocycles. The van der Waals surface area contributed by atoms with Crippen LogP contribution >= 0.6 is 11.3 Å². The van der Waals surface area contributed by atoms with Gasteiger partial charge < -0.3 is 10.7 Å². The Bertz CT molecular complexity index is 909. The molecule has 3 aromatic rings. The van der Waals surface area contributed by atoms with Crippen molar-refractivity contribution in [2.24, 2.45) is 5.73 Å². The van der Waals surface area contributed by atoms with Crippen molar-refractivity contribution >= 4 is 21.6 Å². The second-order valence-corrected chi connectivity index (χ2v) is 7.29. The summed E-state index contributed by atoms with van der Waals surface area (Å²) in [5, 5.41) is 6.98. The maximum Gasteiger partial charge on any atom is 0.268 e. The number of nitrogens with one attached hydrogen (secondary N) is 2. The predicted molar refractivity (Wildman–Crippen MR) is 91.7 cm³/mol. The summed E-state index contributed by atoms with van der Waals surface area (Å²) >= 11 is 1.45. The highest BCUT2D eigenvalue weighted by atomic mass is 32.1. The maximum atomic E-state index is 12.5. The molecule has 2 unspecified atom stereocenters. The van der Waals surface area contributed by atoms with Crippen LogP contribution in [-0.2, 0) is 0 Å². The number of aromatic amines is 2. The van der Waals surface area contributed by atoms with Crippen molar-refractivity contribution in [3.63, 3.8) is 0 Å². The average Bonchev–Trinajstić information content (AvgIpc) is 3.13. The van der Waals surface area contributed by atoms with Crippen molar-refractivity contribution in [2.45, 2.75) is 44.6 Å². The lowest BCUT2D eigenvalue weighted by Crippen LogP contribution is -2.33. The van der Waals surface area contributed by atoms with Gasteiger partial charge in [-0.05, 0) is 25.8 Å². The Morgan fingerprint density at radius 2 is 2.17 bits per heavy atom. The zero-order chi connectivity index (χ0) is 16.0. The van der Waals surface area contributed by atoms with E-state index in [1.807, 2.05) is 13.0 Å². The van der Waals surface area contributed by atoms with E-state index in [-0.39, 0.29) is 17.5 Å². The Morgan fingerprint density at radius 1 is 1.35 bits per heavy atom. The first-order valence-corrected chi connectivity index (χ1v) is 8.75. The average molecular weight is 329 g/mol. The third-order valence-electron chi connectivity index (χ3n) is 4.67. The number of aryl methyl sites for hydroxylation is 1. The molecular weight excluding hydrogens is 310 g/mol. The van der Waals surface area contributed by atoms with Crippen LogP contribution in [0.2, 0.25) is 0 Å². The molecule has 6 nitrogen and oxygen atoms in total. The topological polar surface area (TPSA) is 100 Å². The fourth-order valence-corrected chi connectivity index (χ4v) is 4.42. The van der Waals surface area contributed by atoms with Gasteiger partial charge in [-0.25, -0.2) is 4.98 Å². The van der Waals surface area contributed by atoms with Gasteiger partial charge in [0.25, 0.3) is 5.56 Å². The normalized spacial score (nSPS) is 21.8. The van der Waals surface area contributed by atoms with Crippen molar-refractivity contribution < 1.29 is 0 Å². The molecule has 0 spiro atoms. The highest BCUT2D eigenvalue weighted by Gasteiger charge is 2.26. The van der Waals surface area contributed by atoms with Gasteiger partial charge >= 0.3 is 0 Å². The zero-order valence-electron chi connectivity index (χ0n) is 12.9. The van der Waals surface area contributed by atoms with E-state index in [4.69, 9.17) is 10.7 Å². The molecular formula is C16H19N5OS. The molecule has 0 aliphatic heterocycles. The van der Waals surface area contributed by atoms with E-state index in [1.54, 1.807) is 6.20 Å². The summed E-state index contributed by atoms with van der Waals surface area (Å²) in [6, 6.07) is 2.06. The van der Waals surface area contributed by atoms with E-state index in [1.165, 1.54) is 11.3 Å². The molecule has 23 heavy (non-hydrogen) atoms. The smallest absolute Gasteiger partial charge is 0.268 e. The minimum atomic E-state index is -0.0693. The quantitative estimate of drug-likeness (QED) is 0.673. The Morgan fingerprint density at radius 3 is 2.91 bits per heavy atom. The SMILES string of the molecule is Cc1[nH]ncc1-c1cc2nc(C3CCCCC3N)[nH]c(=O)c2s1. The molecule has 1 aliphatic carbocycles. The largest absolute Gasteiger partial charge is 0.327 e. The highest BCUT2D eigenvalue weighted by Crippen LogP contribution is 2.34. The third kappa shape index (κ3) is 2.49. The van der Waals surface area contributed by atoms with E-state index in [0.29, 0.717) is 4.70 Å². The second-order valence-electron chi connectivity index (χ2n) is 6.24. The van der Waals surface area contributed by atoms with Crippen LogP contribution in [-0.4, -0.2) is 26.2 Å². The molecule has 4 N–H and O–H groups in total. The van der Waals surface area contributed by atoms with E-state index in [9.17, 15) is 4.79 Å². The van der Waals surface area contributed by atoms with Crippen molar-refractivity contribution in [1.82, 2.24) is 20.2 Å². The first-order chi connectivity index (χ1) is 11.1. The van der Waals surface area contributed by atoms with Crippen LogP contribution in [0.25, 0.3) is 20.7 Å². The minimum absolute atomic E-state index is 0.0693. The van der Waals surface area contributed by atoms with Crippen LogP contribution in [0.4, 0.5) is 0 Å². The molecule has 0 aromatic carbocycles. The van der Waals surface area contributed by atoms with E-state index >= 15 is 0 Å². The monoisotopic (exact) mass is 329 g/mol. The first kappa shape index (κ1) is 14.6. The summed E-state index contributed by atoms with van der Waals surface area (Å²) in [6.07, 6.45) is 6.07. The van der Waals surface area contributed by atoms with Crippen LogP contribution in [0, 0.1) is 6.92 Å². The van der Waals surface area contributed by atoms with Gasteiger partial charge in [-0.1, -0.05) is 12.8 Å². The number of rotatable bonds is 2. The summed E-state index contributed by atoms with van der Waals surface area (Å²) in [7, 11) is 0. The number of fused-ring (bicyclic) bond motifs is 1. The number of aromatic nitrogens is 4. The summed E-state index contributed by atoms with van der Waals surface area (Å²) in [4.78, 5) is 21.2. The number of hydrogen-bond acceptors (Lipinski definition) is 5. The van der Waals surface area contributed by atoms with Crippen LogP contribution in [0.5, 0.6) is 0 Å². The molecule has 0 amide bonds. The lowest BCUT2D eigenvalue weighted by atomic mass is 9.84. The summed E-state index contributed by atoms with van der Waals surface area (Å²) < 4.78 is 0.661. The van der Waals surface area contributed by atoms with Gasteiger partial charge in [0.2, 0.25) is 0 Å². The van der Waals surface area contributed by atoms with Crippen molar-refractivity contribution in [3.8, 4) is 10.4 Å². The molecule has 0 saturated heterocycles. The lowest BCUT2D eigenvalue weighted by molar-refractivity contribution is 0.373. The fraction of sp³-hybridized carbons (Fsp3) is 0.438. The number of hydrogen-bond donors (Lipinski definition) is 3. The lowest BCUT2D eigenvalue weighted by Gasteiger charge is -2.27. The van der Waals surface area contributed by atoms with Gasteiger partial charge in [0, 0.05) is 28.1 Å². The van der Waals surface area contributed by atoms with Crippen molar-refractivity contribution in [1.29, 1.82) is 0 Å². The van der Waals surface area contributed by atoms with Gasteiger partial charge in [-0.3, -0.25) is 9.89 Å². The molecule has 2 atom stereocenters. The molecule has 1 saturated carbocycles. The number of thiophene rings is 1. The Labute approximate surface area is 137 Å². The van der Waals surface area contributed by atoms with Gasteiger partial charge in [-0.2, -0.15) is 5.10 Å². The summed E-state index contributed by atoms with van der Waals surface area (Å²) in [5.74, 6) is 0.892. The first-order valence-electron chi connectivity index (χ1n) is 7.93. The van der Waals surface area contributed by atoms with Crippen LogP contribution in [0.3, 0.4) is 0 Å². The number of nitrogens with two attached hydrogens (primary N) is 1. The molecule has 0 radical (unpaired) electrons. The second kappa shape index (κ2) is 5.58. The highest BCUT2D eigenvalue weighted by molar-refractivity contribution is 7.22. The third-order valence-corrected chi connectivity index (χ3v) is 5.82. The molecule has 7 heteroatoms. The predicted octanol–water partition coefficient (Wildman–Crippen LogP) is 2.67. The molecule has 0 bridgehead atoms. The Balaban J connectivity index is 1.81.